The predicted molar refractivity (Wildman–Crippen MR) is 92.6 cm³/mol. The Bertz CT molecular complexity index is 684. The fourth-order valence-electron chi connectivity index (χ4n) is 4.00. The van der Waals surface area contributed by atoms with E-state index in [0.29, 0.717) is 12.8 Å². The zero-order valence-electron chi connectivity index (χ0n) is 14.1. The van der Waals surface area contributed by atoms with Crippen molar-refractivity contribution in [1.82, 2.24) is 0 Å². The highest BCUT2D eigenvalue weighted by Crippen LogP contribution is 2.50. The monoisotopic (exact) mass is 322 g/mol. The number of carbonyl (C=O) groups is 2. The normalized spacial score (nSPS) is 23.5. The first-order chi connectivity index (χ1) is 11.6. The molecule has 0 amide bonds. The first-order valence-corrected chi connectivity index (χ1v) is 8.30. The Morgan fingerprint density at radius 3 is 2.00 bits per heavy atom. The second kappa shape index (κ2) is 6.60. The molecule has 0 aromatic heterocycles. The molecule has 0 N–H and O–H groups in total. The standard InChI is InChI=1S/C21H22O3/c1-21(20(23)24-2)17(13-14-18(21)22)19(15-9-5-3-6-10-15)16-11-7-4-8-12-16/h3-12,17,19H,13-14H2,1-2H3/t17-,21-/m0/s1. The largest absolute Gasteiger partial charge is 0.468 e. The van der Waals surface area contributed by atoms with Crippen LogP contribution in [0.4, 0.5) is 0 Å². The second-order valence-corrected chi connectivity index (χ2v) is 6.56. The first kappa shape index (κ1) is 16.4. The summed E-state index contributed by atoms with van der Waals surface area (Å²) in [7, 11) is 1.36. The smallest absolute Gasteiger partial charge is 0.319 e. The van der Waals surface area contributed by atoms with Gasteiger partial charge in [-0.15, -0.1) is 0 Å². The molecule has 0 saturated heterocycles. The lowest BCUT2D eigenvalue weighted by Gasteiger charge is -2.34. The van der Waals surface area contributed by atoms with E-state index in [9.17, 15) is 9.59 Å². The van der Waals surface area contributed by atoms with E-state index in [1.807, 2.05) is 36.4 Å². The van der Waals surface area contributed by atoms with Crippen LogP contribution in [0.1, 0.15) is 36.8 Å². The zero-order chi connectivity index (χ0) is 17.2. The molecule has 24 heavy (non-hydrogen) atoms. The summed E-state index contributed by atoms with van der Waals surface area (Å²) in [5.41, 5.74) is 1.16. The van der Waals surface area contributed by atoms with E-state index >= 15 is 0 Å². The van der Waals surface area contributed by atoms with Crippen molar-refractivity contribution >= 4 is 11.8 Å². The number of carbonyl (C=O) groups excluding carboxylic acids is 2. The molecule has 0 spiro atoms. The van der Waals surface area contributed by atoms with E-state index in [1.165, 1.54) is 7.11 Å². The Hall–Kier alpha value is -2.42. The van der Waals surface area contributed by atoms with Gasteiger partial charge in [0.25, 0.3) is 0 Å². The third-order valence-corrected chi connectivity index (χ3v) is 5.33. The highest BCUT2D eigenvalue weighted by Gasteiger charge is 2.55. The first-order valence-electron chi connectivity index (χ1n) is 8.30. The summed E-state index contributed by atoms with van der Waals surface area (Å²) in [4.78, 5) is 25.1. The van der Waals surface area contributed by atoms with Gasteiger partial charge in [0.1, 0.15) is 11.2 Å². The molecule has 1 aliphatic rings. The van der Waals surface area contributed by atoms with Crippen molar-refractivity contribution < 1.29 is 14.3 Å². The molecule has 2 aromatic rings. The van der Waals surface area contributed by atoms with Crippen molar-refractivity contribution in [3.8, 4) is 0 Å². The molecule has 0 unspecified atom stereocenters. The molecular weight excluding hydrogens is 300 g/mol. The van der Waals surface area contributed by atoms with Crippen molar-refractivity contribution in [2.24, 2.45) is 11.3 Å². The summed E-state index contributed by atoms with van der Waals surface area (Å²) in [5.74, 6) is -0.562. The Morgan fingerprint density at radius 2 is 1.54 bits per heavy atom. The minimum Gasteiger partial charge on any atom is -0.468 e. The van der Waals surface area contributed by atoms with Crippen molar-refractivity contribution in [2.45, 2.75) is 25.7 Å². The molecule has 3 rings (SSSR count). The maximum absolute atomic E-state index is 12.6. The Balaban J connectivity index is 2.12. The predicted octanol–water partition coefficient (Wildman–Crippen LogP) is 3.98. The van der Waals surface area contributed by atoms with Gasteiger partial charge in [-0.25, -0.2) is 0 Å². The van der Waals surface area contributed by atoms with Crippen LogP contribution in [-0.4, -0.2) is 18.9 Å². The fourth-order valence-corrected chi connectivity index (χ4v) is 4.00. The number of benzene rings is 2. The van der Waals surface area contributed by atoms with Crippen LogP contribution in [0.25, 0.3) is 0 Å². The SMILES string of the molecule is COC(=O)[C@]1(C)C(=O)CC[C@H]1C(c1ccccc1)c1ccccc1. The fraction of sp³-hybridized carbons (Fsp3) is 0.333. The van der Waals surface area contributed by atoms with Gasteiger partial charge in [0.15, 0.2) is 0 Å². The van der Waals surface area contributed by atoms with Gasteiger partial charge in [-0.3, -0.25) is 9.59 Å². The molecule has 124 valence electrons. The lowest BCUT2D eigenvalue weighted by molar-refractivity contribution is -0.158. The third-order valence-electron chi connectivity index (χ3n) is 5.33. The summed E-state index contributed by atoms with van der Waals surface area (Å²) in [5, 5.41) is 0. The van der Waals surface area contributed by atoms with E-state index in [0.717, 1.165) is 11.1 Å². The van der Waals surface area contributed by atoms with Crippen molar-refractivity contribution in [2.75, 3.05) is 7.11 Å². The van der Waals surface area contributed by atoms with Crippen LogP contribution in [0.3, 0.4) is 0 Å². The number of rotatable bonds is 4. The Labute approximate surface area is 142 Å². The number of methoxy groups -OCH3 is 1. The van der Waals surface area contributed by atoms with E-state index in [4.69, 9.17) is 4.74 Å². The summed E-state index contributed by atoms with van der Waals surface area (Å²) < 4.78 is 5.00. The van der Waals surface area contributed by atoms with Crippen LogP contribution < -0.4 is 0 Å². The van der Waals surface area contributed by atoms with Crippen LogP contribution in [0.5, 0.6) is 0 Å². The molecule has 2 aromatic carbocycles. The zero-order valence-corrected chi connectivity index (χ0v) is 14.1. The number of ketones is 1. The minimum absolute atomic E-state index is 0.0112. The molecular formula is C21H22O3. The number of hydrogen-bond acceptors (Lipinski definition) is 3. The summed E-state index contributed by atoms with van der Waals surface area (Å²) in [6.07, 6.45) is 1.12. The van der Waals surface area contributed by atoms with E-state index in [1.54, 1.807) is 6.92 Å². The maximum atomic E-state index is 12.6. The molecule has 3 heteroatoms. The van der Waals surface area contributed by atoms with E-state index in [2.05, 4.69) is 24.3 Å². The van der Waals surface area contributed by atoms with Gasteiger partial charge in [0, 0.05) is 12.3 Å². The number of hydrogen-bond donors (Lipinski definition) is 0. The van der Waals surface area contributed by atoms with Gasteiger partial charge in [0.2, 0.25) is 0 Å². The molecule has 1 aliphatic carbocycles. The number of Topliss-reactive ketones (excluding diaryl/α,β-unsaturated/α-hetero) is 1. The van der Waals surface area contributed by atoms with Gasteiger partial charge in [0.05, 0.1) is 7.11 Å². The van der Waals surface area contributed by atoms with Gasteiger partial charge in [-0.1, -0.05) is 60.7 Å². The number of ether oxygens (including phenoxy) is 1. The lowest BCUT2D eigenvalue weighted by atomic mass is 9.68. The van der Waals surface area contributed by atoms with Gasteiger partial charge in [-0.2, -0.15) is 0 Å². The topological polar surface area (TPSA) is 43.4 Å². The molecule has 2 atom stereocenters. The lowest BCUT2D eigenvalue weighted by Crippen LogP contribution is -2.41. The average Bonchev–Trinajstić information content (AvgIpc) is 2.93. The highest BCUT2D eigenvalue weighted by atomic mass is 16.5. The molecule has 0 aliphatic heterocycles. The van der Waals surface area contributed by atoms with Gasteiger partial charge in [-0.05, 0) is 30.4 Å². The van der Waals surface area contributed by atoms with Crippen LogP contribution in [0.2, 0.25) is 0 Å². The van der Waals surface area contributed by atoms with Crippen LogP contribution in [0.15, 0.2) is 60.7 Å². The average molecular weight is 322 g/mol. The van der Waals surface area contributed by atoms with E-state index in [-0.39, 0.29) is 17.6 Å². The van der Waals surface area contributed by atoms with Crippen LogP contribution in [-0.2, 0) is 14.3 Å². The Morgan fingerprint density at radius 1 is 1.04 bits per heavy atom. The summed E-state index contributed by atoms with van der Waals surface area (Å²) >= 11 is 0. The molecule has 1 saturated carbocycles. The third kappa shape index (κ3) is 2.64. The van der Waals surface area contributed by atoms with Crippen molar-refractivity contribution in [3.63, 3.8) is 0 Å². The van der Waals surface area contributed by atoms with Crippen LogP contribution >= 0.6 is 0 Å². The van der Waals surface area contributed by atoms with Gasteiger partial charge < -0.3 is 4.74 Å². The Kier molecular flexibility index (Phi) is 4.52. The highest BCUT2D eigenvalue weighted by molar-refractivity contribution is 6.05. The summed E-state index contributed by atoms with van der Waals surface area (Å²) in [6.45, 7) is 1.75. The van der Waals surface area contributed by atoms with E-state index < -0.39 is 11.4 Å². The van der Waals surface area contributed by atoms with Crippen molar-refractivity contribution in [3.05, 3.63) is 71.8 Å². The molecule has 0 radical (unpaired) electrons. The molecule has 0 bridgehead atoms. The van der Waals surface area contributed by atoms with Crippen LogP contribution in [0, 0.1) is 11.3 Å². The minimum atomic E-state index is -1.09. The molecule has 3 nitrogen and oxygen atoms in total. The van der Waals surface area contributed by atoms with Crippen molar-refractivity contribution in [1.29, 1.82) is 0 Å². The second-order valence-electron chi connectivity index (χ2n) is 6.56. The molecule has 0 heterocycles. The maximum Gasteiger partial charge on any atom is 0.319 e. The molecule has 1 fully saturated rings. The number of esters is 1. The summed E-state index contributed by atoms with van der Waals surface area (Å²) in [6, 6.07) is 20.2. The quantitative estimate of drug-likeness (QED) is 0.632. The van der Waals surface area contributed by atoms with Gasteiger partial charge >= 0.3 is 5.97 Å².